The van der Waals surface area contributed by atoms with E-state index in [9.17, 15) is 4.79 Å². The predicted molar refractivity (Wildman–Crippen MR) is 127 cm³/mol. The molecule has 1 amide bonds. The average molecular weight is 423 g/mol. The van der Waals surface area contributed by atoms with Gasteiger partial charge in [0.05, 0.1) is 17.4 Å². The van der Waals surface area contributed by atoms with Gasteiger partial charge in [0.15, 0.2) is 0 Å². The Morgan fingerprint density at radius 3 is 2.81 bits per heavy atom. The third kappa shape index (κ3) is 5.91. The molecule has 1 saturated carbocycles. The van der Waals surface area contributed by atoms with E-state index in [2.05, 4.69) is 30.9 Å². The highest BCUT2D eigenvalue weighted by molar-refractivity contribution is 6.00. The summed E-state index contributed by atoms with van der Waals surface area (Å²) in [6.45, 7) is 12.6. The van der Waals surface area contributed by atoms with Crippen molar-refractivity contribution in [1.82, 2.24) is 14.7 Å². The summed E-state index contributed by atoms with van der Waals surface area (Å²) >= 11 is 0. The molecule has 1 aliphatic carbocycles. The van der Waals surface area contributed by atoms with Crippen LogP contribution in [0.3, 0.4) is 0 Å². The van der Waals surface area contributed by atoms with Crippen LogP contribution in [-0.2, 0) is 4.74 Å². The Bertz CT molecular complexity index is 979. The van der Waals surface area contributed by atoms with Crippen LogP contribution in [0.15, 0.2) is 41.7 Å². The van der Waals surface area contributed by atoms with Crippen molar-refractivity contribution in [3.05, 3.63) is 53.6 Å². The average Bonchev–Trinajstić information content (AvgIpc) is 3.18. The number of amides is 1. The number of nitrogens with one attached hydrogen (secondary N) is 1. The second kappa shape index (κ2) is 10.5. The van der Waals surface area contributed by atoms with Gasteiger partial charge < -0.3 is 14.5 Å². The number of carbonyl (C=O) groups is 1. The molecule has 0 saturated heterocycles. The summed E-state index contributed by atoms with van der Waals surface area (Å²) in [6.07, 6.45) is 11.5. The highest BCUT2D eigenvalue weighted by Gasteiger charge is 2.24. The first kappa shape index (κ1) is 22.9. The molecule has 0 bridgehead atoms. The fourth-order valence-electron chi connectivity index (χ4n) is 3.91. The number of nitrogens with zero attached hydrogens (tertiary/aromatic N) is 3. The summed E-state index contributed by atoms with van der Waals surface area (Å²) in [6, 6.07) is 4.06. The van der Waals surface area contributed by atoms with Crippen molar-refractivity contribution in [2.24, 2.45) is 10.9 Å². The van der Waals surface area contributed by atoms with Crippen LogP contribution in [-0.4, -0.2) is 40.8 Å². The van der Waals surface area contributed by atoms with Gasteiger partial charge in [-0.1, -0.05) is 19.9 Å². The van der Waals surface area contributed by atoms with Gasteiger partial charge in [0.25, 0.3) is 5.91 Å². The summed E-state index contributed by atoms with van der Waals surface area (Å²) in [7, 11) is 0. The zero-order chi connectivity index (χ0) is 22.4. The van der Waals surface area contributed by atoms with Gasteiger partial charge in [-0.2, -0.15) is 0 Å². The molecule has 2 aromatic heterocycles. The van der Waals surface area contributed by atoms with Crippen LogP contribution in [0.2, 0.25) is 0 Å². The predicted octanol–water partition coefficient (Wildman–Crippen LogP) is 4.97. The van der Waals surface area contributed by atoms with Crippen LogP contribution in [0.5, 0.6) is 0 Å². The van der Waals surface area contributed by atoms with Gasteiger partial charge >= 0.3 is 0 Å². The van der Waals surface area contributed by atoms with Crippen LogP contribution < -0.4 is 5.32 Å². The van der Waals surface area contributed by atoms with Crippen molar-refractivity contribution in [3.8, 4) is 0 Å². The van der Waals surface area contributed by atoms with Gasteiger partial charge in [0.2, 0.25) is 0 Å². The number of hydrogen-bond acceptors (Lipinski definition) is 4. The van der Waals surface area contributed by atoms with E-state index in [1.807, 2.05) is 48.7 Å². The monoisotopic (exact) mass is 422 g/mol. The summed E-state index contributed by atoms with van der Waals surface area (Å²) in [5.74, 6) is 0.491. The van der Waals surface area contributed by atoms with Crippen LogP contribution >= 0.6 is 0 Å². The summed E-state index contributed by atoms with van der Waals surface area (Å²) < 4.78 is 7.93. The van der Waals surface area contributed by atoms with E-state index in [0.717, 1.165) is 49.3 Å². The lowest BCUT2D eigenvalue weighted by molar-refractivity contribution is 0.00860. The van der Waals surface area contributed by atoms with Crippen molar-refractivity contribution in [1.29, 1.82) is 0 Å². The fourth-order valence-corrected chi connectivity index (χ4v) is 3.91. The third-order valence-corrected chi connectivity index (χ3v) is 5.67. The number of aliphatic imine (C=N–C) groups is 1. The molecule has 0 aliphatic heterocycles. The second-order valence-electron chi connectivity index (χ2n) is 8.75. The first-order chi connectivity index (χ1) is 14.9. The lowest BCUT2D eigenvalue weighted by Crippen LogP contribution is -2.39. The Morgan fingerprint density at radius 1 is 1.39 bits per heavy atom. The Morgan fingerprint density at radius 2 is 2.13 bits per heavy atom. The molecule has 6 nitrogen and oxygen atoms in total. The minimum atomic E-state index is -0.0597. The molecule has 1 N–H and O–H groups in total. The highest BCUT2D eigenvalue weighted by Crippen LogP contribution is 2.23. The van der Waals surface area contributed by atoms with Crippen LogP contribution in [0.25, 0.3) is 11.2 Å². The Labute approximate surface area is 185 Å². The van der Waals surface area contributed by atoms with Gasteiger partial charge in [0, 0.05) is 30.7 Å². The molecule has 1 aliphatic rings. The van der Waals surface area contributed by atoms with Crippen LogP contribution in [0, 0.1) is 12.8 Å². The Hall–Kier alpha value is -2.73. The first-order valence-electron chi connectivity index (χ1n) is 11.1. The number of fused-ring (bicyclic) bond motifs is 1. The second-order valence-corrected chi connectivity index (χ2v) is 8.75. The van der Waals surface area contributed by atoms with Gasteiger partial charge in [0.1, 0.15) is 5.65 Å². The van der Waals surface area contributed by atoms with E-state index >= 15 is 0 Å². The fraction of sp³-hybridized carbons (Fsp3) is 0.480. The number of aromatic nitrogens is 2. The summed E-state index contributed by atoms with van der Waals surface area (Å²) in [5, 5.41) is 3.22. The topological polar surface area (TPSA) is 68.0 Å². The number of hydrogen-bond donors (Lipinski definition) is 1. The van der Waals surface area contributed by atoms with Crippen molar-refractivity contribution >= 4 is 23.8 Å². The molecule has 2 heterocycles. The Balaban J connectivity index is 1.71. The zero-order valence-electron chi connectivity index (χ0n) is 19.1. The normalized spacial score (nSPS) is 20.0. The third-order valence-electron chi connectivity index (χ3n) is 5.67. The van der Waals surface area contributed by atoms with E-state index in [1.54, 1.807) is 6.20 Å². The molecule has 0 spiro atoms. The number of allylic oxidation sites excluding steroid dienone is 3. The number of carbonyl (C=O) groups excluding carboxylic acids is 1. The highest BCUT2D eigenvalue weighted by atomic mass is 16.5. The summed E-state index contributed by atoms with van der Waals surface area (Å²) in [4.78, 5) is 21.5. The van der Waals surface area contributed by atoms with Gasteiger partial charge in [-0.15, -0.1) is 0 Å². The van der Waals surface area contributed by atoms with E-state index in [1.165, 1.54) is 0 Å². The molecule has 2 aromatic rings. The maximum atomic E-state index is 13.0. The SMILES string of the molecule is C=N/C=C\C=C(/C)c1cc(C)n2ccc(C(=O)N[C@H]3CC[C@H](OCC(C)C)CC3)c2n1. The molecule has 31 heavy (non-hydrogen) atoms. The maximum absolute atomic E-state index is 13.0. The number of ether oxygens (including phenoxy) is 1. The minimum Gasteiger partial charge on any atom is -0.378 e. The van der Waals surface area contributed by atoms with E-state index in [0.29, 0.717) is 23.2 Å². The van der Waals surface area contributed by atoms with Crippen molar-refractivity contribution in [3.63, 3.8) is 0 Å². The standard InChI is InChI=1S/C25H34N4O2/c1-17(2)16-31-21-10-8-20(9-11-21)27-25(30)22-12-14-29-19(4)15-23(28-24(22)29)18(3)7-6-13-26-5/h6-7,12-15,17,20-21H,5,8-11,16H2,1-4H3,(H,27,30)/b13-6-,18-7+/t20-,21-. The molecule has 1 fully saturated rings. The molecular formula is C25H34N4O2. The van der Waals surface area contributed by atoms with Gasteiger partial charge in [-0.3, -0.25) is 9.79 Å². The van der Waals surface area contributed by atoms with E-state index < -0.39 is 0 Å². The molecule has 0 atom stereocenters. The van der Waals surface area contributed by atoms with Gasteiger partial charge in [-0.05, 0) is 75.9 Å². The lowest BCUT2D eigenvalue weighted by atomic mass is 9.92. The molecule has 0 aromatic carbocycles. The Kier molecular flexibility index (Phi) is 7.80. The number of rotatable bonds is 8. The van der Waals surface area contributed by atoms with Crippen molar-refractivity contribution in [2.45, 2.75) is 65.5 Å². The summed E-state index contributed by atoms with van der Waals surface area (Å²) in [5.41, 5.74) is 4.16. The zero-order valence-corrected chi connectivity index (χ0v) is 19.1. The lowest BCUT2D eigenvalue weighted by Gasteiger charge is -2.29. The maximum Gasteiger partial charge on any atom is 0.255 e. The molecular weight excluding hydrogens is 388 g/mol. The largest absolute Gasteiger partial charge is 0.378 e. The molecule has 6 heteroatoms. The first-order valence-corrected chi connectivity index (χ1v) is 11.1. The van der Waals surface area contributed by atoms with Crippen LogP contribution in [0.1, 0.15) is 68.2 Å². The molecule has 3 rings (SSSR count). The quantitative estimate of drug-likeness (QED) is 0.482. The molecule has 0 unspecified atom stereocenters. The molecule has 166 valence electrons. The minimum absolute atomic E-state index is 0.0597. The number of aryl methyl sites for hydroxylation is 1. The van der Waals surface area contributed by atoms with Gasteiger partial charge in [-0.25, -0.2) is 4.98 Å². The molecule has 0 radical (unpaired) electrons. The van der Waals surface area contributed by atoms with Crippen molar-refractivity contribution < 1.29 is 9.53 Å². The van der Waals surface area contributed by atoms with Crippen molar-refractivity contribution in [2.75, 3.05) is 6.61 Å². The van der Waals surface area contributed by atoms with E-state index in [4.69, 9.17) is 9.72 Å². The smallest absolute Gasteiger partial charge is 0.255 e. The van der Waals surface area contributed by atoms with Crippen LogP contribution in [0.4, 0.5) is 0 Å². The van der Waals surface area contributed by atoms with E-state index in [-0.39, 0.29) is 11.9 Å².